The van der Waals surface area contributed by atoms with Gasteiger partial charge in [0.1, 0.15) is 11.5 Å². The summed E-state index contributed by atoms with van der Waals surface area (Å²) in [6.45, 7) is 0. The third-order valence-electron chi connectivity index (χ3n) is 2.23. The maximum atomic E-state index is 10.6. The zero-order valence-electron chi connectivity index (χ0n) is 9.27. The first-order valence-corrected chi connectivity index (χ1v) is 4.77. The molecular formula is C11H15NO4. The highest BCUT2D eigenvalue weighted by atomic mass is 16.5. The van der Waals surface area contributed by atoms with E-state index in [0.29, 0.717) is 17.1 Å². The van der Waals surface area contributed by atoms with Gasteiger partial charge in [-0.05, 0) is 6.07 Å². The van der Waals surface area contributed by atoms with E-state index in [1.54, 1.807) is 25.3 Å². The Balaban J connectivity index is 2.98. The van der Waals surface area contributed by atoms with E-state index in [9.17, 15) is 4.79 Å². The van der Waals surface area contributed by atoms with Crippen molar-refractivity contribution in [2.45, 2.75) is 12.5 Å². The van der Waals surface area contributed by atoms with Crippen LogP contribution < -0.4 is 15.2 Å². The first-order valence-electron chi connectivity index (χ1n) is 4.77. The van der Waals surface area contributed by atoms with Crippen LogP contribution in [-0.2, 0) is 4.79 Å². The van der Waals surface area contributed by atoms with Crippen molar-refractivity contribution >= 4 is 5.97 Å². The second-order valence-electron chi connectivity index (χ2n) is 3.31. The molecule has 1 aromatic rings. The largest absolute Gasteiger partial charge is 0.497 e. The number of methoxy groups -OCH3 is 2. The van der Waals surface area contributed by atoms with Crippen molar-refractivity contribution in [1.29, 1.82) is 0 Å². The number of aliphatic carboxylic acids is 1. The molecule has 0 radical (unpaired) electrons. The van der Waals surface area contributed by atoms with E-state index in [4.69, 9.17) is 20.3 Å². The molecule has 0 amide bonds. The zero-order valence-corrected chi connectivity index (χ0v) is 9.27. The lowest BCUT2D eigenvalue weighted by Gasteiger charge is -2.14. The molecule has 0 bridgehead atoms. The third kappa shape index (κ3) is 2.87. The lowest BCUT2D eigenvalue weighted by Crippen LogP contribution is -2.15. The Labute approximate surface area is 93.8 Å². The molecule has 0 aliphatic heterocycles. The SMILES string of the molecule is COc1ccc([C@@H](N)CC(=O)O)c(OC)c1. The number of rotatable bonds is 5. The Bertz CT molecular complexity index is 378. The standard InChI is InChI=1S/C11H15NO4/c1-15-7-3-4-8(10(5-7)16-2)9(12)6-11(13)14/h3-5,9H,6,12H2,1-2H3,(H,13,14)/t9-/m0/s1. The summed E-state index contributed by atoms with van der Waals surface area (Å²) in [7, 11) is 3.05. The molecule has 0 aliphatic carbocycles. The number of nitrogens with two attached hydrogens (primary N) is 1. The van der Waals surface area contributed by atoms with Crippen LogP contribution >= 0.6 is 0 Å². The number of benzene rings is 1. The lowest BCUT2D eigenvalue weighted by atomic mass is 10.0. The first-order chi connectivity index (χ1) is 7.58. The van der Waals surface area contributed by atoms with Crippen molar-refractivity contribution in [3.63, 3.8) is 0 Å². The predicted octanol–water partition coefficient (Wildman–Crippen LogP) is 1.18. The Morgan fingerprint density at radius 1 is 1.44 bits per heavy atom. The molecule has 16 heavy (non-hydrogen) atoms. The summed E-state index contributed by atoms with van der Waals surface area (Å²) in [5, 5.41) is 8.66. The number of carbonyl (C=O) groups is 1. The summed E-state index contributed by atoms with van der Waals surface area (Å²) in [4.78, 5) is 10.6. The minimum Gasteiger partial charge on any atom is -0.497 e. The number of carboxylic acid groups (broad SMARTS) is 1. The average Bonchev–Trinajstić information content (AvgIpc) is 2.27. The molecule has 0 saturated heterocycles. The smallest absolute Gasteiger partial charge is 0.305 e. The van der Waals surface area contributed by atoms with E-state index >= 15 is 0 Å². The van der Waals surface area contributed by atoms with Gasteiger partial charge in [-0.2, -0.15) is 0 Å². The monoisotopic (exact) mass is 225 g/mol. The first kappa shape index (κ1) is 12.3. The van der Waals surface area contributed by atoms with Crippen molar-refractivity contribution in [1.82, 2.24) is 0 Å². The van der Waals surface area contributed by atoms with Crippen molar-refractivity contribution in [2.24, 2.45) is 5.73 Å². The van der Waals surface area contributed by atoms with Gasteiger partial charge in [0.2, 0.25) is 0 Å². The summed E-state index contributed by atoms with van der Waals surface area (Å²) in [5.41, 5.74) is 6.42. The maximum Gasteiger partial charge on any atom is 0.305 e. The minimum absolute atomic E-state index is 0.136. The van der Waals surface area contributed by atoms with E-state index in [2.05, 4.69) is 0 Å². The van der Waals surface area contributed by atoms with Crippen LogP contribution in [0.25, 0.3) is 0 Å². The highest BCUT2D eigenvalue weighted by Gasteiger charge is 2.15. The second kappa shape index (κ2) is 5.37. The van der Waals surface area contributed by atoms with Crippen LogP contribution in [0, 0.1) is 0 Å². The summed E-state index contributed by atoms with van der Waals surface area (Å²) < 4.78 is 10.2. The molecule has 0 saturated carbocycles. The summed E-state index contributed by atoms with van der Waals surface area (Å²) >= 11 is 0. The molecule has 0 unspecified atom stereocenters. The van der Waals surface area contributed by atoms with Gasteiger partial charge in [-0.15, -0.1) is 0 Å². The molecule has 1 atom stereocenters. The number of hydrogen-bond acceptors (Lipinski definition) is 4. The van der Waals surface area contributed by atoms with E-state index in [-0.39, 0.29) is 6.42 Å². The van der Waals surface area contributed by atoms with Crippen LogP contribution in [-0.4, -0.2) is 25.3 Å². The van der Waals surface area contributed by atoms with Gasteiger partial charge >= 0.3 is 5.97 Å². The molecule has 0 aliphatic rings. The predicted molar refractivity (Wildman–Crippen MR) is 58.7 cm³/mol. The van der Waals surface area contributed by atoms with Crippen LogP contribution in [0.3, 0.4) is 0 Å². The van der Waals surface area contributed by atoms with Gasteiger partial charge in [-0.1, -0.05) is 6.07 Å². The molecule has 0 fully saturated rings. The molecule has 5 nitrogen and oxygen atoms in total. The van der Waals surface area contributed by atoms with Gasteiger partial charge < -0.3 is 20.3 Å². The van der Waals surface area contributed by atoms with Crippen molar-refractivity contribution in [3.8, 4) is 11.5 Å². The van der Waals surface area contributed by atoms with E-state index < -0.39 is 12.0 Å². The number of hydrogen-bond donors (Lipinski definition) is 2. The Morgan fingerprint density at radius 3 is 2.62 bits per heavy atom. The molecule has 0 spiro atoms. The van der Waals surface area contributed by atoms with Gasteiger partial charge in [-0.3, -0.25) is 4.79 Å². The van der Waals surface area contributed by atoms with E-state index in [1.807, 2.05) is 0 Å². The Kier molecular flexibility index (Phi) is 4.13. The number of carboxylic acids is 1. The van der Waals surface area contributed by atoms with Crippen molar-refractivity contribution < 1.29 is 19.4 Å². The fourth-order valence-corrected chi connectivity index (χ4v) is 1.42. The molecular weight excluding hydrogens is 210 g/mol. The van der Waals surface area contributed by atoms with Gasteiger partial charge in [0.15, 0.2) is 0 Å². The topological polar surface area (TPSA) is 81.8 Å². The maximum absolute atomic E-state index is 10.6. The molecule has 1 aromatic carbocycles. The Hall–Kier alpha value is -1.75. The minimum atomic E-state index is -0.939. The average molecular weight is 225 g/mol. The molecule has 88 valence electrons. The van der Waals surface area contributed by atoms with Gasteiger partial charge in [0, 0.05) is 17.7 Å². The third-order valence-corrected chi connectivity index (χ3v) is 2.23. The molecule has 5 heteroatoms. The van der Waals surface area contributed by atoms with E-state index in [0.717, 1.165) is 0 Å². The fourth-order valence-electron chi connectivity index (χ4n) is 1.42. The van der Waals surface area contributed by atoms with Crippen LogP contribution in [0.15, 0.2) is 18.2 Å². The van der Waals surface area contributed by atoms with Crippen LogP contribution in [0.2, 0.25) is 0 Å². The fraction of sp³-hybridized carbons (Fsp3) is 0.364. The zero-order chi connectivity index (χ0) is 12.1. The van der Waals surface area contributed by atoms with E-state index in [1.165, 1.54) is 7.11 Å². The molecule has 0 heterocycles. The molecule has 0 aromatic heterocycles. The summed E-state index contributed by atoms with van der Waals surface area (Å²) in [5.74, 6) is 0.238. The molecule has 3 N–H and O–H groups in total. The van der Waals surface area contributed by atoms with Gasteiger partial charge in [-0.25, -0.2) is 0 Å². The summed E-state index contributed by atoms with van der Waals surface area (Å²) in [6, 6.07) is 4.53. The Morgan fingerprint density at radius 2 is 2.12 bits per heavy atom. The highest BCUT2D eigenvalue weighted by Crippen LogP contribution is 2.29. The lowest BCUT2D eigenvalue weighted by molar-refractivity contribution is -0.137. The summed E-state index contributed by atoms with van der Waals surface area (Å²) in [6.07, 6.45) is -0.136. The van der Waals surface area contributed by atoms with Crippen LogP contribution in [0.5, 0.6) is 11.5 Å². The van der Waals surface area contributed by atoms with Crippen molar-refractivity contribution in [2.75, 3.05) is 14.2 Å². The van der Waals surface area contributed by atoms with Gasteiger partial charge in [0.05, 0.1) is 20.6 Å². The van der Waals surface area contributed by atoms with Gasteiger partial charge in [0.25, 0.3) is 0 Å². The molecule has 1 rings (SSSR count). The quantitative estimate of drug-likeness (QED) is 0.786. The van der Waals surface area contributed by atoms with Crippen molar-refractivity contribution in [3.05, 3.63) is 23.8 Å². The number of ether oxygens (including phenoxy) is 2. The normalized spacial score (nSPS) is 11.9. The second-order valence-corrected chi connectivity index (χ2v) is 3.31. The van der Waals surface area contributed by atoms with Crippen LogP contribution in [0.1, 0.15) is 18.0 Å². The highest BCUT2D eigenvalue weighted by molar-refractivity contribution is 5.68. The van der Waals surface area contributed by atoms with Crippen LogP contribution in [0.4, 0.5) is 0 Å².